The van der Waals surface area contributed by atoms with Gasteiger partial charge in [-0.05, 0) is 48.4 Å². The molecule has 5 heteroatoms. The number of unbranched alkanes of at least 4 members (excludes halogenated alkanes) is 4. The summed E-state index contributed by atoms with van der Waals surface area (Å²) in [6.45, 7) is 8.50. The minimum absolute atomic E-state index is 0.0774. The minimum Gasteiger partial charge on any atom is -0.356 e. The van der Waals surface area contributed by atoms with Crippen LogP contribution in [0.25, 0.3) is 10.9 Å². The van der Waals surface area contributed by atoms with Crippen LogP contribution in [0.2, 0.25) is 0 Å². The summed E-state index contributed by atoms with van der Waals surface area (Å²) in [5.41, 5.74) is 4.04. The van der Waals surface area contributed by atoms with Crippen LogP contribution in [0, 0.1) is 5.92 Å². The Bertz CT molecular complexity index is 909. The van der Waals surface area contributed by atoms with E-state index in [0.29, 0.717) is 13.0 Å². The van der Waals surface area contributed by atoms with Crippen molar-refractivity contribution in [2.45, 2.75) is 72.1 Å². The van der Waals surface area contributed by atoms with Crippen LogP contribution >= 0.6 is 0 Å². The number of aromatic nitrogens is 1. The summed E-state index contributed by atoms with van der Waals surface area (Å²) in [6, 6.07) is 6.18. The Hall–Kier alpha value is -2.43. The first kappa shape index (κ1) is 23.2. The second-order valence-electron chi connectivity index (χ2n) is 8.88. The number of fused-ring (bicyclic) bond motifs is 3. The minimum atomic E-state index is 0.0774. The van der Waals surface area contributed by atoms with Crippen LogP contribution in [0.15, 0.2) is 24.4 Å². The molecule has 1 aromatic heterocycles. The Balaban J connectivity index is 1.79. The normalized spacial score (nSPS) is 14.5. The van der Waals surface area contributed by atoms with E-state index < -0.39 is 0 Å². The fourth-order valence-corrected chi connectivity index (χ4v) is 4.48. The summed E-state index contributed by atoms with van der Waals surface area (Å²) in [5.74, 6) is 0.511. The van der Waals surface area contributed by atoms with E-state index in [0.717, 1.165) is 59.9 Å². The maximum atomic E-state index is 13.3. The molecular formula is C26H37N3O2. The molecule has 0 saturated carbocycles. The third-order valence-corrected chi connectivity index (χ3v) is 6.30. The number of nitrogens with one attached hydrogen (secondary N) is 1. The van der Waals surface area contributed by atoms with Gasteiger partial charge in [0.1, 0.15) is 0 Å². The molecule has 0 saturated heterocycles. The fraction of sp³-hybridized carbons (Fsp3) is 0.577. The molecule has 3 rings (SSSR count). The summed E-state index contributed by atoms with van der Waals surface area (Å²) < 4.78 is 0. The van der Waals surface area contributed by atoms with Gasteiger partial charge in [0, 0.05) is 43.2 Å². The number of hydrogen-bond donors (Lipinski definition) is 1. The molecule has 2 amide bonds. The molecule has 0 fully saturated rings. The molecule has 1 N–H and O–H groups in total. The summed E-state index contributed by atoms with van der Waals surface area (Å²) in [4.78, 5) is 31.6. The molecule has 0 radical (unpaired) electrons. The van der Waals surface area contributed by atoms with Crippen LogP contribution in [0.4, 0.5) is 0 Å². The molecule has 1 aliphatic heterocycles. The predicted octanol–water partition coefficient (Wildman–Crippen LogP) is 4.91. The zero-order chi connectivity index (χ0) is 22.2. The smallest absolute Gasteiger partial charge is 0.254 e. The zero-order valence-electron chi connectivity index (χ0n) is 19.4. The first-order valence-corrected chi connectivity index (χ1v) is 12.0. The maximum Gasteiger partial charge on any atom is 0.254 e. The van der Waals surface area contributed by atoms with Gasteiger partial charge in [-0.1, -0.05) is 52.5 Å². The number of rotatable bonds is 11. The highest BCUT2D eigenvalue weighted by Gasteiger charge is 2.27. The van der Waals surface area contributed by atoms with Crippen molar-refractivity contribution >= 4 is 22.7 Å². The third kappa shape index (κ3) is 5.84. The maximum absolute atomic E-state index is 13.3. The predicted molar refractivity (Wildman–Crippen MR) is 126 cm³/mol. The SMILES string of the molecule is CCCCCCCN1CCc2c(cc(CC(C)CNC(=O)CC)c3cccnc23)C1=O. The number of carbonyl (C=O) groups excluding carboxylic acids is 2. The molecule has 1 atom stereocenters. The number of pyridine rings is 1. The number of hydrogen-bond acceptors (Lipinski definition) is 3. The van der Waals surface area contributed by atoms with Crippen LogP contribution in [-0.4, -0.2) is 41.3 Å². The summed E-state index contributed by atoms with van der Waals surface area (Å²) in [5, 5.41) is 4.12. The van der Waals surface area contributed by atoms with Gasteiger partial charge in [-0.15, -0.1) is 0 Å². The molecule has 0 aliphatic carbocycles. The van der Waals surface area contributed by atoms with Gasteiger partial charge in [0.05, 0.1) is 5.52 Å². The Kier molecular flexibility index (Phi) is 8.44. The van der Waals surface area contributed by atoms with Crippen LogP contribution in [0.3, 0.4) is 0 Å². The van der Waals surface area contributed by atoms with Crippen molar-refractivity contribution in [1.82, 2.24) is 15.2 Å². The van der Waals surface area contributed by atoms with Crippen LogP contribution in [-0.2, 0) is 17.6 Å². The van der Waals surface area contributed by atoms with Crippen LogP contribution in [0.5, 0.6) is 0 Å². The number of nitrogens with zero attached hydrogens (tertiary/aromatic N) is 2. The fourth-order valence-electron chi connectivity index (χ4n) is 4.48. The molecule has 0 spiro atoms. The van der Waals surface area contributed by atoms with Crippen molar-refractivity contribution in [2.24, 2.45) is 5.92 Å². The topological polar surface area (TPSA) is 62.3 Å². The molecule has 5 nitrogen and oxygen atoms in total. The second-order valence-corrected chi connectivity index (χ2v) is 8.88. The van der Waals surface area contributed by atoms with E-state index in [-0.39, 0.29) is 17.7 Å². The number of carbonyl (C=O) groups is 2. The highest BCUT2D eigenvalue weighted by molar-refractivity contribution is 6.02. The summed E-state index contributed by atoms with van der Waals surface area (Å²) in [6.07, 6.45) is 10.0. The average Bonchev–Trinajstić information content (AvgIpc) is 2.79. The monoisotopic (exact) mass is 423 g/mol. The van der Waals surface area contributed by atoms with Crippen molar-refractivity contribution in [1.29, 1.82) is 0 Å². The van der Waals surface area contributed by atoms with Gasteiger partial charge >= 0.3 is 0 Å². The van der Waals surface area contributed by atoms with Gasteiger partial charge in [0.15, 0.2) is 0 Å². The molecule has 1 aromatic carbocycles. The molecule has 1 aliphatic rings. The van der Waals surface area contributed by atoms with Crippen molar-refractivity contribution in [3.63, 3.8) is 0 Å². The molecule has 1 unspecified atom stereocenters. The third-order valence-electron chi connectivity index (χ3n) is 6.30. The van der Waals surface area contributed by atoms with E-state index in [1.54, 1.807) is 0 Å². The first-order chi connectivity index (χ1) is 15.0. The number of benzene rings is 1. The lowest BCUT2D eigenvalue weighted by molar-refractivity contribution is -0.120. The van der Waals surface area contributed by atoms with Crippen molar-refractivity contribution in [2.75, 3.05) is 19.6 Å². The lowest BCUT2D eigenvalue weighted by atomic mass is 9.89. The van der Waals surface area contributed by atoms with Gasteiger partial charge in [-0.3, -0.25) is 14.6 Å². The van der Waals surface area contributed by atoms with Gasteiger partial charge < -0.3 is 10.2 Å². The first-order valence-electron chi connectivity index (χ1n) is 12.0. The highest BCUT2D eigenvalue weighted by Crippen LogP contribution is 2.30. The Morgan fingerprint density at radius 2 is 2.03 bits per heavy atom. The van der Waals surface area contributed by atoms with Crippen molar-refractivity contribution < 1.29 is 9.59 Å². The standard InChI is InChI=1S/C26H37N3O2/c1-4-6-7-8-9-14-29-15-12-22-23(26(29)31)17-20(21-11-10-13-27-25(21)22)16-19(3)18-28-24(30)5-2/h10-11,13,17,19H,4-9,12,14-16,18H2,1-3H3,(H,28,30). The summed E-state index contributed by atoms with van der Waals surface area (Å²) >= 11 is 0. The Labute approximate surface area is 186 Å². The molecule has 168 valence electrons. The van der Waals surface area contributed by atoms with Gasteiger partial charge in [0.2, 0.25) is 5.91 Å². The largest absolute Gasteiger partial charge is 0.356 e. The Morgan fingerprint density at radius 1 is 1.23 bits per heavy atom. The highest BCUT2D eigenvalue weighted by atomic mass is 16.2. The van der Waals surface area contributed by atoms with E-state index in [1.807, 2.05) is 24.1 Å². The number of amides is 2. The van der Waals surface area contributed by atoms with Gasteiger partial charge in [-0.25, -0.2) is 0 Å². The van der Waals surface area contributed by atoms with Gasteiger partial charge in [-0.2, -0.15) is 0 Å². The van der Waals surface area contributed by atoms with E-state index in [9.17, 15) is 9.59 Å². The van der Waals surface area contributed by atoms with E-state index in [1.165, 1.54) is 25.7 Å². The lowest BCUT2D eigenvalue weighted by Gasteiger charge is -2.30. The van der Waals surface area contributed by atoms with Crippen LogP contribution < -0.4 is 5.32 Å². The molecule has 31 heavy (non-hydrogen) atoms. The van der Waals surface area contributed by atoms with Crippen molar-refractivity contribution in [3.05, 3.63) is 41.1 Å². The molecular weight excluding hydrogens is 386 g/mol. The summed E-state index contributed by atoms with van der Waals surface area (Å²) in [7, 11) is 0. The zero-order valence-corrected chi connectivity index (χ0v) is 19.4. The molecule has 2 heterocycles. The quantitative estimate of drug-likeness (QED) is 0.523. The van der Waals surface area contributed by atoms with E-state index >= 15 is 0 Å². The van der Waals surface area contributed by atoms with E-state index in [4.69, 9.17) is 0 Å². The average molecular weight is 424 g/mol. The molecule has 0 bridgehead atoms. The van der Waals surface area contributed by atoms with Gasteiger partial charge in [0.25, 0.3) is 5.91 Å². The van der Waals surface area contributed by atoms with Crippen LogP contribution in [0.1, 0.15) is 80.8 Å². The molecule has 2 aromatic rings. The Morgan fingerprint density at radius 3 is 2.81 bits per heavy atom. The second kappa shape index (κ2) is 11.3. The van der Waals surface area contributed by atoms with E-state index in [2.05, 4.69) is 36.3 Å². The van der Waals surface area contributed by atoms with Crippen molar-refractivity contribution in [3.8, 4) is 0 Å². The lowest BCUT2D eigenvalue weighted by Crippen LogP contribution is -2.38.